The molecule has 54 heavy (non-hydrogen) atoms. The number of H-pyrrole nitrogens is 1. The molecule has 0 aliphatic rings. The molecule has 0 saturated carbocycles. The van der Waals surface area contributed by atoms with Crippen LogP contribution in [0, 0.1) is 0 Å². The molecule has 0 atom stereocenters. The number of aromatic amines is 1. The second kappa shape index (κ2) is 13.4. The monoisotopic (exact) mass is 690 g/mol. The van der Waals surface area contributed by atoms with Gasteiger partial charge in [0.15, 0.2) is 0 Å². The molecule has 0 radical (unpaired) electrons. The maximum atomic E-state index is 5.43. The predicted molar refractivity (Wildman–Crippen MR) is 225 cm³/mol. The van der Waals surface area contributed by atoms with Crippen molar-refractivity contribution in [2.24, 2.45) is 0 Å². The van der Waals surface area contributed by atoms with Crippen LogP contribution in [0.25, 0.3) is 77.6 Å². The lowest BCUT2D eigenvalue weighted by molar-refractivity contribution is 1.27. The molecule has 4 heteroatoms. The lowest BCUT2D eigenvalue weighted by Gasteiger charge is -2.26. The third-order valence-corrected chi connectivity index (χ3v) is 10.2. The lowest BCUT2D eigenvalue weighted by Crippen LogP contribution is -2.09. The minimum Gasteiger partial charge on any atom is -0.355 e. The first-order valence-corrected chi connectivity index (χ1v) is 18.2. The van der Waals surface area contributed by atoms with E-state index < -0.39 is 0 Å². The summed E-state index contributed by atoms with van der Waals surface area (Å²) in [6.45, 7) is 0. The fourth-order valence-electron chi connectivity index (χ4n) is 7.57. The summed E-state index contributed by atoms with van der Waals surface area (Å²) >= 11 is 0. The summed E-state index contributed by atoms with van der Waals surface area (Å²) in [6.07, 6.45) is 0. The largest absolute Gasteiger partial charge is 0.355 e. The van der Waals surface area contributed by atoms with Crippen LogP contribution in [0.5, 0.6) is 0 Å². The molecule has 2 heterocycles. The molecule has 10 rings (SSSR count). The van der Waals surface area contributed by atoms with Gasteiger partial charge in [0.05, 0.1) is 22.4 Å². The van der Waals surface area contributed by atoms with E-state index in [0.29, 0.717) is 0 Å². The Kier molecular flexibility index (Phi) is 7.77. The minimum absolute atomic E-state index is 0.849. The van der Waals surface area contributed by atoms with Gasteiger partial charge in [-0.05, 0) is 77.4 Å². The van der Waals surface area contributed by atoms with E-state index in [-0.39, 0.29) is 0 Å². The van der Waals surface area contributed by atoms with Crippen molar-refractivity contribution < 1.29 is 0 Å². The molecular formula is C50H34N4. The number of hydrogen-bond donors (Lipinski definition) is 1. The Balaban J connectivity index is 1.09. The van der Waals surface area contributed by atoms with Crippen molar-refractivity contribution in [3.8, 4) is 44.8 Å². The van der Waals surface area contributed by atoms with Crippen molar-refractivity contribution in [2.75, 3.05) is 4.90 Å². The molecule has 4 nitrogen and oxygen atoms in total. The van der Waals surface area contributed by atoms with E-state index in [2.05, 4.69) is 204 Å². The average molecular weight is 691 g/mol. The van der Waals surface area contributed by atoms with Gasteiger partial charge in [0.1, 0.15) is 0 Å². The van der Waals surface area contributed by atoms with Crippen LogP contribution in [0.1, 0.15) is 0 Å². The Labute approximate surface area is 313 Å². The predicted octanol–water partition coefficient (Wildman–Crippen LogP) is 13.4. The fraction of sp³-hybridized carbons (Fsp3) is 0. The topological polar surface area (TPSA) is 44.8 Å². The number of aromatic nitrogens is 3. The zero-order valence-electron chi connectivity index (χ0n) is 29.4. The van der Waals surface area contributed by atoms with Gasteiger partial charge in [0, 0.05) is 55.6 Å². The van der Waals surface area contributed by atoms with Gasteiger partial charge in [-0.25, -0.2) is 9.97 Å². The van der Waals surface area contributed by atoms with E-state index in [1.54, 1.807) is 0 Å². The number of nitrogens with one attached hydrogen (secondary N) is 1. The molecule has 0 fully saturated rings. The van der Waals surface area contributed by atoms with Gasteiger partial charge >= 0.3 is 0 Å². The number of para-hydroxylation sites is 3. The normalized spacial score (nSPS) is 11.3. The Hall–Kier alpha value is -7.30. The Morgan fingerprint density at radius 3 is 1.72 bits per heavy atom. The highest BCUT2D eigenvalue weighted by Crippen LogP contribution is 2.40. The number of anilines is 3. The number of fused-ring (bicyclic) bond motifs is 4. The maximum Gasteiger partial charge on any atom is 0.0973 e. The van der Waals surface area contributed by atoms with Crippen molar-refractivity contribution in [2.45, 2.75) is 0 Å². The first-order chi connectivity index (χ1) is 26.8. The van der Waals surface area contributed by atoms with Crippen LogP contribution in [0.2, 0.25) is 0 Å². The molecule has 0 unspecified atom stereocenters. The van der Waals surface area contributed by atoms with Gasteiger partial charge in [0.25, 0.3) is 0 Å². The molecule has 0 aliphatic carbocycles. The van der Waals surface area contributed by atoms with Gasteiger partial charge in [-0.2, -0.15) is 0 Å². The molecule has 8 aromatic carbocycles. The molecule has 10 aromatic rings. The molecule has 254 valence electrons. The molecule has 0 spiro atoms. The molecule has 0 amide bonds. The summed E-state index contributed by atoms with van der Waals surface area (Å²) < 4.78 is 0. The maximum absolute atomic E-state index is 5.43. The highest BCUT2D eigenvalue weighted by Gasteiger charge is 2.18. The van der Waals surface area contributed by atoms with E-state index in [0.717, 1.165) is 72.8 Å². The first-order valence-electron chi connectivity index (χ1n) is 18.2. The summed E-state index contributed by atoms with van der Waals surface area (Å²) in [7, 11) is 0. The smallest absolute Gasteiger partial charge is 0.0973 e. The van der Waals surface area contributed by atoms with Crippen LogP contribution in [0.15, 0.2) is 200 Å². The fourth-order valence-corrected chi connectivity index (χ4v) is 7.57. The van der Waals surface area contributed by atoms with Crippen LogP contribution in [0.4, 0.5) is 17.1 Å². The van der Waals surface area contributed by atoms with Gasteiger partial charge < -0.3 is 9.88 Å². The van der Waals surface area contributed by atoms with Crippen molar-refractivity contribution >= 4 is 49.9 Å². The summed E-state index contributed by atoms with van der Waals surface area (Å²) in [4.78, 5) is 16.7. The minimum atomic E-state index is 0.849. The first kappa shape index (κ1) is 31.4. The van der Waals surface area contributed by atoms with Gasteiger partial charge in [-0.3, -0.25) is 0 Å². The lowest BCUT2D eigenvalue weighted by atomic mass is 9.97. The van der Waals surface area contributed by atoms with Crippen molar-refractivity contribution in [1.82, 2.24) is 15.0 Å². The van der Waals surface area contributed by atoms with E-state index in [1.165, 1.54) is 21.9 Å². The SMILES string of the molecule is c1ccc(-c2cccc(-c3cccc4nc(-c5ccc(N(c6ccccc6)c6ccc7[nH]c8ccccc8c7c6)cc5)c(-c5ccccc5)nc34)c2)cc1. The highest BCUT2D eigenvalue weighted by atomic mass is 15.1. The molecule has 0 aliphatic heterocycles. The molecule has 2 aromatic heterocycles. The highest BCUT2D eigenvalue weighted by molar-refractivity contribution is 6.08. The van der Waals surface area contributed by atoms with Crippen molar-refractivity contribution in [3.05, 3.63) is 200 Å². The van der Waals surface area contributed by atoms with E-state index in [9.17, 15) is 0 Å². The zero-order chi connectivity index (χ0) is 35.8. The van der Waals surface area contributed by atoms with Gasteiger partial charge in [-0.1, -0.05) is 140 Å². The third kappa shape index (κ3) is 5.67. The van der Waals surface area contributed by atoms with Crippen LogP contribution in [-0.4, -0.2) is 15.0 Å². The average Bonchev–Trinajstić information content (AvgIpc) is 3.62. The van der Waals surface area contributed by atoms with Gasteiger partial charge in [0.2, 0.25) is 0 Å². The second-order valence-corrected chi connectivity index (χ2v) is 13.5. The van der Waals surface area contributed by atoms with E-state index in [1.807, 2.05) is 6.07 Å². The zero-order valence-corrected chi connectivity index (χ0v) is 29.4. The van der Waals surface area contributed by atoms with Crippen LogP contribution in [-0.2, 0) is 0 Å². The summed E-state index contributed by atoms with van der Waals surface area (Å²) in [5.74, 6) is 0. The molecule has 1 N–H and O–H groups in total. The molecule has 0 saturated heterocycles. The Morgan fingerprint density at radius 1 is 0.352 bits per heavy atom. The van der Waals surface area contributed by atoms with E-state index >= 15 is 0 Å². The van der Waals surface area contributed by atoms with Crippen LogP contribution >= 0.6 is 0 Å². The van der Waals surface area contributed by atoms with Crippen molar-refractivity contribution in [1.29, 1.82) is 0 Å². The van der Waals surface area contributed by atoms with Crippen LogP contribution in [0.3, 0.4) is 0 Å². The Bertz CT molecular complexity index is 2920. The second-order valence-electron chi connectivity index (χ2n) is 13.5. The third-order valence-electron chi connectivity index (χ3n) is 10.2. The number of benzene rings is 8. The quantitative estimate of drug-likeness (QED) is 0.181. The van der Waals surface area contributed by atoms with Gasteiger partial charge in [-0.15, -0.1) is 0 Å². The summed E-state index contributed by atoms with van der Waals surface area (Å²) in [6, 6.07) is 70.3. The Morgan fingerprint density at radius 2 is 0.926 bits per heavy atom. The van der Waals surface area contributed by atoms with Crippen molar-refractivity contribution in [3.63, 3.8) is 0 Å². The number of nitrogens with zero attached hydrogens (tertiary/aromatic N) is 3. The van der Waals surface area contributed by atoms with E-state index in [4.69, 9.17) is 9.97 Å². The number of rotatable bonds is 7. The standard InChI is InChI=1S/C50H34N4/c1-4-14-34(15-5-1)37-18-12-19-38(32-37)42-23-13-25-47-50(42)53-49(35-16-6-2-7-17-35)48(52-47)36-26-28-40(29-27-36)54(39-20-8-3-9-21-39)41-30-31-46-44(33-41)43-22-10-11-24-45(43)51-46/h1-33,51H. The summed E-state index contributed by atoms with van der Waals surface area (Å²) in [5, 5.41) is 2.42. The summed E-state index contributed by atoms with van der Waals surface area (Å²) in [5.41, 5.74) is 15.5. The molecule has 0 bridgehead atoms. The van der Waals surface area contributed by atoms with Crippen LogP contribution < -0.4 is 4.90 Å². The molecular weight excluding hydrogens is 657 g/mol. The number of hydrogen-bond acceptors (Lipinski definition) is 3.